The van der Waals surface area contributed by atoms with Gasteiger partial charge in [-0.25, -0.2) is 8.42 Å². The van der Waals surface area contributed by atoms with Gasteiger partial charge in [-0.2, -0.15) is 9.40 Å². The number of nitrogens with zero attached hydrogens (tertiary/aromatic N) is 4. The molecule has 7 nitrogen and oxygen atoms in total. The summed E-state index contributed by atoms with van der Waals surface area (Å²) < 4.78 is 29.4. The number of piperidine rings is 1. The molecule has 28 heavy (non-hydrogen) atoms. The van der Waals surface area contributed by atoms with E-state index in [1.807, 2.05) is 4.90 Å². The molecule has 1 amide bonds. The molecule has 0 unspecified atom stereocenters. The van der Waals surface area contributed by atoms with Crippen molar-refractivity contribution in [1.82, 2.24) is 19.0 Å². The number of aryl methyl sites for hydroxylation is 1. The fraction of sp³-hybridized carbons (Fsp3) is 0.800. The van der Waals surface area contributed by atoms with Gasteiger partial charge in [0.05, 0.1) is 11.4 Å². The van der Waals surface area contributed by atoms with Crippen molar-refractivity contribution >= 4 is 15.9 Å². The molecule has 0 aromatic carbocycles. The zero-order chi connectivity index (χ0) is 21.1. The molecule has 2 rings (SSSR count). The molecule has 1 fully saturated rings. The molecule has 0 saturated carbocycles. The standard InChI is InChI=1S/C20H36N4O3S/c1-15(2)12-22(13-16(3)4)19(25)14-24-18(6)20(17(5)21-24)28(26,27)23-10-8-7-9-11-23/h15-16H,7-14H2,1-6H3. The first kappa shape index (κ1) is 22.9. The van der Waals surface area contributed by atoms with Crippen LogP contribution in [0.15, 0.2) is 4.90 Å². The Morgan fingerprint density at radius 2 is 1.57 bits per heavy atom. The highest BCUT2D eigenvalue weighted by Gasteiger charge is 2.32. The average molecular weight is 413 g/mol. The molecule has 1 aliphatic heterocycles. The number of hydrogen-bond donors (Lipinski definition) is 0. The molecular formula is C20H36N4O3S. The number of aromatic nitrogens is 2. The van der Waals surface area contributed by atoms with E-state index in [9.17, 15) is 13.2 Å². The van der Waals surface area contributed by atoms with Crippen LogP contribution in [0.5, 0.6) is 0 Å². The minimum absolute atomic E-state index is 0.0186. The van der Waals surface area contributed by atoms with E-state index in [0.29, 0.717) is 49.4 Å². The van der Waals surface area contributed by atoms with Gasteiger partial charge in [0.25, 0.3) is 0 Å². The third-order valence-electron chi connectivity index (χ3n) is 5.04. The van der Waals surface area contributed by atoms with Crippen molar-refractivity contribution < 1.29 is 13.2 Å². The first-order valence-corrected chi connectivity index (χ1v) is 11.8. The molecule has 1 aromatic heterocycles. The van der Waals surface area contributed by atoms with Crippen molar-refractivity contribution in [3.63, 3.8) is 0 Å². The minimum atomic E-state index is -3.57. The van der Waals surface area contributed by atoms with E-state index in [0.717, 1.165) is 19.3 Å². The monoisotopic (exact) mass is 412 g/mol. The summed E-state index contributed by atoms with van der Waals surface area (Å²) in [5.41, 5.74) is 1.01. The largest absolute Gasteiger partial charge is 0.341 e. The normalized spacial score (nSPS) is 16.1. The van der Waals surface area contributed by atoms with Crippen molar-refractivity contribution in [1.29, 1.82) is 0 Å². The van der Waals surface area contributed by atoms with Gasteiger partial charge in [-0.3, -0.25) is 9.48 Å². The Balaban J connectivity index is 2.25. The highest BCUT2D eigenvalue weighted by Crippen LogP contribution is 2.26. The van der Waals surface area contributed by atoms with Crippen LogP contribution < -0.4 is 0 Å². The summed E-state index contributed by atoms with van der Waals surface area (Å²) in [6, 6.07) is 0. The first-order chi connectivity index (χ1) is 13.0. The highest BCUT2D eigenvalue weighted by atomic mass is 32.2. The van der Waals surface area contributed by atoms with Gasteiger partial charge in [0.15, 0.2) is 0 Å². The topological polar surface area (TPSA) is 75.5 Å². The Bertz CT molecular complexity index is 768. The second-order valence-corrected chi connectivity index (χ2v) is 10.6. The molecule has 0 bridgehead atoms. The summed E-state index contributed by atoms with van der Waals surface area (Å²) in [7, 11) is -3.57. The van der Waals surface area contributed by atoms with Crippen molar-refractivity contribution in [2.24, 2.45) is 11.8 Å². The summed E-state index contributed by atoms with van der Waals surface area (Å²) in [5.74, 6) is 0.728. The van der Waals surface area contributed by atoms with Crippen LogP contribution in [0.1, 0.15) is 58.3 Å². The number of hydrogen-bond acceptors (Lipinski definition) is 4. The van der Waals surface area contributed by atoms with Crippen LogP contribution in [0, 0.1) is 25.7 Å². The van der Waals surface area contributed by atoms with E-state index >= 15 is 0 Å². The lowest BCUT2D eigenvalue weighted by molar-refractivity contribution is -0.133. The molecule has 0 aliphatic carbocycles. The van der Waals surface area contributed by atoms with Gasteiger partial charge in [0.2, 0.25) is 15.9 Å². The Kier molecular flexibility index (Phi) is 7.67. The first-order valence-electron chi connectivity index (χ1n) is 10.4. The number of sulfonamides is 1. The molecule has 8 heteroatoms. The van der Waals surface area contributed by atoms with Crippen molar-refractivity contribution in [2.75, 3.05) is 26.2 Å². The summed E-state index contributed by atoms with van der Waals surface area (Å²) in [5, 5.41) is 4.42. The summed E-state index contributed by atoms with van der Waals surface area (Å²) >= 11 is 0. The number of carbonyl (C=O) groups is 1. The molecule has 0 spiro atoms. The van der Waals surface area contributed by atoms with Crippen molar-refractivity contribution in [3.05, 3.63) is 11.4 Å². The number of amides is 1. The van der Waals surface area contributed by atoms with E-state index in [2.05, 4.69) is 32.8 Å². The molecule has 160 valence electrons. The summed E-state index contributed by atoms with van der Waals surface area (Å²) in [6.07, 6.45) is 2.85. The van der Waals surface area contributed by atoms with Crippen LogP contribution >= 0.6 is 0 Å². The zero-order valence-corrected chi connectivity index (χ0v) is 19.0. The molecule has 1 saturated heterocycles. The maximum atomic E-state index is 13.1. The van der Waals surface area contributed by atoms with E-state index in [1.165, 1.54) is 0 Å². The molecule has 0 radical (unpaired) electrons. The second kappa shape index (κ2) is 9.39. The smallest absolute Gasteiger partial charge is 0.246 e. The molecule has 1 aliphatic rings. The van der Waals surface area contributed by atoms with Crippen molar-refractivity contribution in [2.45, 2.75) is 72.2 Å². The molecule has 2 heterocycles. The van der Waals surface area contributed by atoms with Gasteiger partial charge in [0, 0.05) is 26.2 Å². The van der Waals surface area contributed by atoms with Crippen LogP contribution in [-0.2, 0) is 21.4 Å². The summed E-state index contributed by atoms with van der Waals surface area (Å²) in [6.45, 7) is 14.4. The Labute approximate surface area is 170 Å². The fourth-order valence-corrected chi connectivity index (χ4v) is 5.72. The van der Waals surface area contributed by atoms with Crippen LogP contribution in [-0.4, -0.2) is 59.5 Å². The predicted octanol–water partition coefficient (Wildman–Crippen LogP) is 2.82. The zero-order valence-electron chi connectivity index (χ0n) is 18.2. The molecule has 1 aromatic rings. The Morgan fingerprint density at radius 3 is 2.07 bits per heavy atom. The molecule has 0 atom stereocenters. The van der Waals surface area contributed by atoms with Gasteiger partial charge < -0.3 is 4.90 Å². The second-order valence-electron chi connectivity index (χ2n) is 8.71. The van der Waals surface area contributed by atoms with Crippen LogP contribution in [0.25, 0.3) is 0 Å². The van der Waals surface area contributed by atoms with Crippen LogP contribution in [0.3, 0.4) is 0 Å². The van der Waals surface area contributed by atoms with Gasteiger partial charge in [0.1, 0.15) is 11.4 Å². The Morgan fingerprint density at radius 1 is 1.04 bits per heavy atom. The van der Waals surface area contributed by atoms with Gasteiger partial charge in [-0.1, -0.05) is 34.1 Å². The lowest BCUT2D eigenvalue weighted by Crippen LogP contribution is -2.39. The lowest BCUT2D eigenvalue weighted by Gasteiger charge is -2.27. The SMILES string of the molecule is Cc1nn(CC(=O)N(CC(C)C)CC(C)C)c(C)c1S(=O)(=O)N1CCCCC1. The number of rotatable bonds is 8. The van der Waals surface area contributed by atoms with Gasteiger partial charge in [-0.05, 0) is 38.5 Å². The van der Waals surface area contributed by atoms with E-state index in [1.54, 1.807) is 22.8 Å². The maximum Gasteiger partial charge on any atom is 0.246 e. The minimum Gasteiger partial charge on any atom is -0.341 e. The highest BCUT2D eigenvalue weighted by molar-refractivity contribution is 7.89. The maximum absolute atomic E-state index is 13.1. The van der Waals surface area contributed by atoms with E-state index in [4.69, 9.17) is 0 Å². The van der Waals surface area contributed by atoms with Gasteiger partial charge >= 0.3 is 0 Å². The van der Waals surface area contributed by atoms with Crippen molar-refractivity contribution in [3.8, 4) is 0 Å². The van der Waals surface area contributed by atoms with Crippen LogP contribution in [0.4, 0.5) is 0 Å². The molecule has 0 N–H and O–H groups in total. The van der Waals surface area contributed by atoms with E-state index in [-0.39, 0.29) is 17.3 Å². The Hall–Kier alpha value is -1.41. The molecular weight excluding hydrogens is 376 g/mol. The third-order valence-corrected chi connectivity index (χ3v) is 7.19. The quantitative estimate of drug-likeness (QED) is 0.658. The summed E-state index contributed by atoms with van der Waals surface area (Å²) in [4.78, 5) is 15.0. The lowest BCUT2D eigenvalue weighted by atomic mass is 10.1. The predicted molar refractivity (Wildman–Crippen MR) is 111 cm³/mol. The fourth-order valence-electron chi connectivity index (χ4n) is 3.83. The van der Waals surface area contributed by atoms with Crippen LogP contribution in [0.2, 0.25) is 0 Å². The average Bonchev–Trinajstić information content (AvgIpc) is 2.88. The van der Waals surface area contributed by atoms with E-state index < -0.39 is 10.0 Å². The van der Waals surface area contributed by atoms with Gasteiger partial charge in [-0.15, -0.1) is 0 Å². The third kappa shape index (κ3) is 5.35. The number of carbonyl (C=O) groups excluding carboxylic acids is 1.